The normalized spacial score (nSPS) is 26.5. The number of carbonyl (C=O) groups is 4. The standard InChI is InChI=1S/C40H50BrN3O7/c1-5-8-20-32(46)50-25-31(28-18-13-10-14-19-28)42-37(47)33-34-38(48)44(29(24-45)22-27-16-11-9-12-17-27)36(40(34)23-30(41)35(33)51-40)39(49)43(21-7-3)26(4)15-6-2/h5,7,9-14,16-19,26,29-31,33-36,45H,1,3,6,8,15,20-25H2,2,4H3,(H,42,47)/t26?,29-,30?,31-,33+,34-,35+,36+,40-/m1/s1. The van der Waals surface area contributed by atoms with Gasteiger partial charge in [0, 0.05) is 23.8 Å². The molecule has 0 radical (unpaired) electrons. The zero-order chi connectivity index (χ0) is 36.7. The van der Waals surface area contributed by atoms with E-state index in [0.29, 0.717) is 19.3 Å². The van der Waals surface area contributed by atoms with Gasteiger partial charge in [0.2, 0.25) is 17.7 Å². The van der Waals surface area contributed by atoms with Gasteiger partial charge in [0.25, 0.3) is 0 Å². The van der Waals surface area contributed by atoms with E-state index in [1.54, 1.807) is 17.1 Å². The predicted molar refractivity (Wildman–Crippen MR) is 198 cm³/mol. The highest BCUT2D eigenvalue weighted by Crippen LogP contribution is 2.60. The largest absolute Gasteiger partial charge is 0.463 e. The zero-order valence-electron chi connectivity index (χ0n) is 29.5. The summed E-state index contributed by atoms with van der Waals surface area (Å²) in [4.78, 5) is 59.8. The Labute approximate surface area is 309 Å². The van der Waals surface area contributed by atoms with Crippen molar-refractivity contribution in [2.75, 3.05) is 19.8 Å². The number of nitrogens with one attached hydrogen (secondary N) is 1. The highest BCUT2D eigenvalue weighted by Gasteiger charge is 2.77. The molecule has 11 heteroatoms. The van der Waals surface area contributed by atoms with Crippen molar-refractivity contribution in [2.24, 2.45) is 11.8 Å². The summed E-state index contributed by atoms with van der Waals surface area (Å²) < 4.78 is 12.4. The van der Waals surface area contributed by atoms with Crippen LogP contribution in [0.3, 0.4) is 0 Å². The van der Waals surface area contributed by atoms with Crippen LogP contribution < -0.4 is 5.32 Å². The second-order valence-corrected chi connectivity index (χ2v) is 15.0. The van der Waals surface area contributed by atoms with E-state index in [1.165, 1.54) is 4.90 Å². The van der Waals surface area contributed by atoms with Gasteiger partial charge in [-0.2, -0.15) is 0 Å². The van der Waals surface area contributed by atoms with Gasteiger partial charge >= 0.3 is 5.97 Å². The Morgan fingerprint density at radius 2 is 1.82 bits per heavy atom. The number of halogens is 1. The van der Waals surface area contributed by atoms with Gasteiger partial charge in [0.15, 0.2) is 0 Å². The lowest BCUT2D eigenvalue weighted by Gasteiger charge is -2.41. The molecule has 1 spiro atoms. The fourth-order valence-corrected chi connectivity index (χ4v) is 9.12. The SMILES string of the molecule is C=CCCC(=O)OC[C@@H](NC(=O)[C@@H]1[C@H]2O[C@@]3(CC2Br)[C@H](C(=O)N(CC=C)C(C)CCC)N([C@@H](CO)Cc2ccccc2)C(=O)[C@@H]13)c1ccccc1. The molecule has 3 amide bonds. The molecule has 9 atom stereocenters. The van der Waals surface area contributed by atoms with Crippen LogP contribution in [0.15, 0.2) is 86.0 Å². The van der Waals surface area contributed by atoms with Gasteiger partial charge < -0.3 is 29.7 Å². The van der Waals surface area contributed by atoms with Crippen molar-refractivity contribution < 1.29 is 33.8 Å². The number of aliphatic hydroxyl groups is 1. The third-order valence-corrected chi connectivity index (χ3v) is 11.4. The summed E-state index contributed by atoms with van der Waals surface area (Å²) in [7, 11) is 0. The minimum absolute atomic E-state index is 0.103. The average Bonchev–Trinajstić information content (AvgIpc) is 3.74. The van der Waals surface area contributed by atoms with E-state index >= 15 is 0 Å². The highest BCUT2D eigenvalue weighted by molar-refractivity contribution is 9.09. The Bertz CT molecular complexity index is 1560. The van der Waals surface area contributed by atoms with Crippen molar-refractivity contribution in [3.63, 3.8) is 0 Å². The molecule has 274 valence electrons. The van der Waals surface area contributed by atoms with Crippen LogP contribution in [0, 0.1) is 11.8 Å². The lowest BCUT2D eigenvalue weighted by molar-refractivity contribution is -0.152. The van der Waals surface area contributed by atoms with Crippen LogP contribution in [0.25, 0.3) is 0 Å². The quantitative estimate of drug-likeness (QED) is 0.126. The average molecular weight is 765 g/mol. The number of alkyl halides is 1. The van der Waals surface area contributed by atoms with Gasteiger partial charge in [-0.15, -0.1) is 13.2 Å². The fraction of sp³-hybridized carbons (Fsp3) is 0.500. The molecule has 3 heterocycles. The number of amides is 3. The smallest absolute Gasteiger partial charge is 0.306 e. The van der Waals surface area contributed by atoms with Crippen LogP contribution in [-0.4, -0.2) is 93.0 Å². The Kier molecular flexibility index (Phi) is 12.9. The van der Waals surface area contributed by atoms with Crippen LogP contribution in [0.5, 0.6) is 0 Å². The maximum Gasteiger partial charge on any atom is 0.306 e. The molecule has 0 aliphatic carbocycles. The van der Waals surface area contributed by atoms with Crippen LogP contribution in [0.2, 0.25) is 0 Å². The second-order valence-electron chi connectivity index (χ2n) is 13.8. The maximum atomic E-state index is 14.9. The van der Waals surface area contributed by atoms with Crippen molar-refractivity contribution >= 4 is 39.6 Å². The van der Waals surface area contributed by atoms with Crippen molar-refractivity contribution in [2.45, 2.75) is 93.1 Å². The summed E-state index contributed by atoms with van der Waals surface area (Å²) in [5.41, 5.74) is 0.319. The number of aliphatic hydroxyl groups excluding tert-OH is 1. The Hall–Kier alpha value is -3.80. The van der Waals surface area contributed by atoms with Crippen LogP contribution in [-0.2, 0) is 35.1 Å². The van der Waals surface area contributed by atoms with Crippen molar-refractivity contribution in [3.8, 4) is 0 Å². The van der Waals surface area contributed by atoms with E-state index < -0.39 is 53.5 Å². The summed E-state index contributed by atoms with van der Waals surface area (Å²) in [5, 5.41) is 13.9. The number of hydrogen-bond donors (Lipinski definition) is 2. The Morgan fingerprint density at radius 1 is 1.14 bits per heavy atom. The second kappa shape index (κ2) is 17.1. The van der Waals surface area contributed by atoms with E-state index in [0.717, 1.165) is 24.0 Å². The Balaban J connectivity index is 1.52. The molecule has 2 aromatic rings. The first-order valence-electron chi connectivity index (χ1n) is 17.9. The van der Waals surface area contributed by atoms with Gasteiger partial charge in [-0.1, -0.05) is 102 Å². The van der Waals surface area contributed by atoms with E-state index in [2.05, 4.69) is 41.3 Å². The van der Waals surface area contributed by atoms with Gasteiger partial charge in [-0.3, -0.25) is 19.2 Å². The van der Waals surface area contributed by atoms with E-state index in [9.17, 15) is 24.3 Å². The molecule has 3 saturated heterocycles. The third kappa shape index (κ3) is 7.85. The van der Waals surface area contributed by atoms with E-state index in [-0.39, 0.29) is 48.9 Å². The molecule has 3 fully saturated rings. The lowest BCUT2D eigenvalue weighted by atomic mass is 9.70. The third-order valence-electron chi connectivity index (χ3n) is 10.5. The first-order chi connectivity index (χ1) is 24.6. The summed E-state index contributed by atoms with van der Waals surface area (Å²) in [6.07, 6.45) is 5.52. The number of carbonyl (C=O) groups excluding carboxylic acids is 4. The van der Waals surface area contributed by atoms with Crippen LogP contribution >= 0.6 is 15.9 Å². The molecule has 2 N–H and O–H groups in total. The molecule has 51 heavy (non-hydrogen) atoms. The van der Waals surface area contributed by atoms with Crippen LogP contribution in [0.1, 0.15) is 63.1 Å². The lowest BCUT2D eigenvalue weighted by Crippen LogP contribution is -2.60. The summed E-state index contributed by atoms with van der Waals surface area (Å²) >= 11 is 3.76. The van der Waals surface area contributed by atoms with Crippen molar-refractivity contribution in [3.05, 3.63) is 97.1 Å². The fourth-order valence-electron chi connectivity index (χ4n) is 8.18. The molecule has 2 unspecified atom stereocenters. The minimum atomic E-state index is -1.32. The van der Waals surface area contributed by atoms with Crippen molar-refractivity contribution in [1.82, 2.24) is 15.1 Å². The van der Waals surface area contributed by atoms with Gasteiger partial charge in [0.05, 0.1) is 36.6 Å². The van der Waals surface area contributed by atoms with E-state index in [4.69, 9.17) is 9.47 Å². The summed E-state index contributed by atoms with van der Waals surface area (Å²) in [6, 6.07) is 16.1. The number of ether oxygens (including phenoxy) is 2. The molecule has 3 aliphatic heterocycles. The van der Waals surface area contributed by atoms with Gasteiger partial charge in [-0.05, 0) is 43.7 Å². The number of hydrogen-bond acceptors (Lipinski definition) is 7. The number of benzene rings is 2. The molecular formula is C40H50BrN3O7. The first-order valence-corrected chi connectivity index (χ1v) is 18.8. The molecule has 2 bridgehead atoms. The maximum absolute atomic E-state index is 14.9. The minimum Gasteiger partial charge on any atom is -0.463 e. The summed E-state index contributed by atoms with van der Waals surface area (Å²) in [5.74, 6) is -3.44. The van der Waals surface area contributed by atoms with Crippen molar-refractivity contribution in [1.29, 1.82) is 0 Å². The molecule has 5 rings (SSSR count). The zero-order valence-corrected chi connectivity index (χ0v) is 31.1. The molecule has 3 aliphatic rings. The molecule has 0 aromatic heterocycles. The highest BCUT2D eigenvalue weighted by atomic mass is 79.9. The number of rotatable bonds is 18. The number of esters is 1. The predicted octanol–water partition coefficient (Wildman–Crippen LogP) is 4.91. The number of likely N-dealkylation sites (tertiary alicyclic amines) is 1. The monoisotopic (exact) mass is 763 g/mol. The van der Waals surface area contributed by atoms with E-state index in [1.807, 2.05) is 67.6 Å². The topological polar surface area (TPSA) is 125 Å². The Morgan fingerprint density at radius 3 is 2.45 bits per heavy atom. The number of nitrogens with zero attached hydrogens (tertiary/aromatic N) is 2. The van der Waals surface area contributed by atoms with Gasteiger partial charge in [-0.25, -0.2) is 0 Å². The van der Waals surface area contributed by atoms with Gasteiger partial charge in [0.1, 0.15) is 18.2 Å². The number of allylic oxidation sites excluding steroid dienone is 1. The molecule has 2 aromatic carbocycles. The molecular weight excluding hydrogens is 714 g/mol. The van der Waals surface area contributed by atoms with Crippen LogP contribution in [0.4, 0.5) is 0 Å². The number of fused-ring (bicyclic) bond motifs is 1. The summed E-state index contributed by atoms with van der Waals surface area (Å²) in [6.45, 7) is 11.4. The molecule has 10 nitrogen and oxygen atoms in total. The molecule has 0 saturated carbocycles. The first kappa shape index (κ1) is 38.4.